The van der Waals surface area contributed by atoms with E-state index in [0.717, 1.165) is 11.4 Å². The van der Waals surface area contributed by atoms with E-state index in [4.69, 9.17) is 10.5 Å². The number of ether oxygens (including phenoxy) is 1. The fraction of sp³-hybridized carbons (Fsp3) is 0.350. The molecule has 0 bridgehead atoms. The summed E-state index contributed by atoms with van der Waals surface area (Å²) in [5.74, 6) is 0.869. The van der Waals surface area contributed by atoms with Gasteiger partial charge in [0.25, 0.3) is 0 Å². The van der Waals surface area contributed by atoms with Crippen molar-refractivity contribution in [3.05, 3.63) is 59.9 Å². The summed E-state index contributed by atoms with van der Waals surface area (Å²) < 4.78 is 19.6. The van der Waals surface area contributed by atoms with Crippen molar-refractivity contribution in [1.82, 2.24) is 0 Å². The Morgan fingerprint density at radius 1 is 1.16 bits per heavy atom. The highest BCUT2D eigenvalue weighted by molar-refractivity contribution is 5.92. The van der Waals surface area contributed by atoms with Gasteiger partial charge in [-0.15, -0.1) is 0 Å². The van der Waals surface area contributed by atoms with Crippen molar-refractivity contribution in [2.45, 2.75) is 39.2 Å². The standard InChI is InChI=1S/C20H26FN3O/c1-14(2)25-16-11-9-15(10-12-16)24-19(22)23-13-20(3,4)17-7-5-6-8-18(17)21/h5-12,14H,13H2,1-4H3,(H3,22,23,24). The van der Waals surface area contributed by atoms with Gasteiger partial charge in [0, 0.05) is 11.1 Å². The van der Waals surface area contributed by atoms with Crippen LogP contribution < -0.4 is 15.8 Å². The lowest BCUT2D eigenvalue weighted by Crippen LogP contribution is -2.28. The number of hydrogen-bond donors (Lipinski definition) is 2. The average Bonchev–Trinajstić information content (AvgIpc) is 2.55. The highest BCUT2D eigenvalue weighted by Gasteiger charge is 2.23. The molecule has 0 saturated heterocycles. The molecule has 0 aliphatic rings. The van der Waals surface area contributed by atoms with Crippen molar-refractivity contribution < 1.29 is 9.13 Å². The highest BCUT2D eigenvalue weighted by Crippen LogP contribution is 2.26. The van der Waals surface area contributed by atoms with Gasteiger partial charge in [-0.2, -0.15) is 0 Å². The molecule has 0 spiro atoms. The smallest absolute Gasteiger partial charge is 0.193 e. The van der Waals surface area contributed by atoms with E-state index in [2.05, 4.69) is 10.3 Å². The Balaban J connectivity index is 2.00. The normalized spacial score (nSPS) is 12.3. The summed E-state index contributed by atoms with van der Waals surface area (Å²) >= 11 is 0. The molecule has 0 saturated carbocycles. The number of guanidine groups is 1. The second-order valence-corrected chi connectivity index (χ2v) is 6.88. The van der Waals surface area contributed by atoms with Crippen molar-refractivity contribution in [2.75, 3.05) is 11.9 Å². The number of rotatable bonds is 6. The van der Waals surface area contributed by atoms with Crippen molar-refractivity contribution >= 4 is 11.6 Å². The van der Waals surface area contributed by atoms with Gasteiger partial charge >= 0.3 is 0 Å². The molecule has 2 aromatic carbocycles. The minimum atomic E-state index is -0.452. The molecule has 0 radical (unpaired) electrons. The molecule has 0 unspecified atom stereocenters. The zero-order valence-corrected chi connectivity index (χ0v) is 15.2. The van der Waals surface area contributed by atoms with Gasteiger partial charge in [-0.1, -0.05) is 32.0 Å². The first kappa shape index (κ1) is 18.8. The van der Waals surface area contributed by atoms with E-state index in [1.807, 2.05) is 58.0 Å². The average molecular weight is 343 g/mol. The third kappa shape index (κ3) is 5.48. The first-order valence-corrected chi connectivity index (χ1v) is 8.36. The van der Waals surface area contributed by atoms with Gasteiger partial charge in [-0.25, -0.2) is 4.39 Å². The van der Waals surface area contributed by atoms with Crippen LogP contribution in [0.1, 0.15) is 33.3 Å². The number of nitrogens with zero attached hydrogens (tertiary/aromatic N) is 1. The van der Waals surface area contributed by atoms with Gasteiger partial charge < -0.3 is 15.8 Å². The predicted molar refractivity (Wildman–Crippen MR) is 102 cm³/mol. The molecular weight excluding hydrogens is 317 g/mol. The van der Waals surface area contributed by atoms with Crippen LogP contribution in [0.15, 0.2) is 53.5 Å². The van der Waals surface area contributed by atoms with Crippen LogP contribution in [-0.4, -0.2) is 18.6 Å². The fourth-order valence-electron chi connectivity index (χ4n) is 2.45. The maximum absolute atomic E-state index is 14.0. The van der Waals surface area contributed by atoms with E-state index in [9.17, 15) is 4.39 Å². The van der Waals surface area contributed by atoms with Crippen molar-refractivity contribution in [3.8, 4) is 5.75 Å². The summed E-state index contributed by atoms with van der Waals surface area (Å²) in [4.78, 5) is 4.36. The Labute approximate surface area is 148 Å². The third-order valence-electron chi connectivity index (χ3n) is 3.75. The van der Waals surface area contributed by atoms with Crippen molar-refractivity contribution in [1.29, 1.82) is 0 Å². The number of nitrogens with one attached hydrogen (secondary N) is 1. The van der Waals surface area contributed by atoms with Crippen LogP contribution in [0.2, 0.25) is 0 Å². The second kappa shape index (κ2) is 8.01. The van der Waals surface area contributed by atoms with Crippen molar-refractivity contribution in [3.63, 3.8) is 0 Å². The molecule has 3 N–H and O–H groups in total. The number of hydrogen-bond acceptors (Lipinski definition) is 2. The Morgan fingerprint density at radius 3 is 2.40 bits per heavy atom. The summed E-state index contributed by atoms with van der Waals surface area (Å²) in [6.45, 7) is 8.23. The molecule has 25 heavy (non-hydrogen) atoms. The molecule has 0 heterocycles. The Morgan fingerprint density at radius 2 is 1.80 bits per heavy atom. The SMILES string of the molecule is CC(C)Oc1ccc(NC(N)=NCC(C)(C)c2ccccc2F)cc1. The molecular formula is C20H26FN3O. The van der Waals surface area contributed by atoms with Crippen LogP contribution in [0.3, 0.4) is 0 Å². The molecule has 0 amide bonds. The number of anilines is 1. The zero-order valence-electron chi connectivity index (χ0n) is 15.2. The molecule has 134 valence electrons. The molecule has 0 atom stereocenters. The van der Waals surface area contributed by atoms with E-state index < -0.39 is 5.41 Å². The minimum absolute atomic E-state index is 0.131. The van der Waals surface area contributed by atoms with E-state index in [1.165, 1.54) is 6.07 Å². The Kier molecular flexibility index (Phi) is 6.02. The van der Waals surface area contributed by atoms with E-state index in [-0.39, 0.29) is 11.9 Å². The summed E-state index contributed by atoms with van der Waals surface area (Å²) in [5.41, 5.74) is 6.96. The lowest BCUT2D eigenvalue weighted by atomic mass is 9.84. The van der Waals surface area contributed by atoms with Crippen LogP contribution in [-0.2, 0) is 5.41 Å². The lowest BCUT2D eigenvalue weighted by Gasteiger charge is -2.23. The summed E-state index contributed by atoms with van der Waals surface area (Å²) in [7, 11) is 0. The summed E-state index contributed by atoms with van der Waals surface area (Å²) in [6.07, 6.45) is 0.131. The maximum atomic E-state index is 14.0. The number of nitrogens with two attached hydrogens (primary N) is 1. The highest BCUT2D eigenvalue weighted by atomic mass is 19.1. The monoisotopic (exact) mass is 343 g/mol. The van der Waals surface area contributed by atoms with Gasteiger partial charge in [0.1, 0.15) is 11.6 Å². The largest absolute Gasteiger partial charge is 0.491 e. The van der Waals surface area contributed by atoms with Gasteiger partial charge in [-0.3, -0.25) is 4.99 Å². The first-order valence-electron chi connectivity index (χ1n) is 8.36. The van der Waals surface area contributed by atoms with Gasteiger partial charge in [0.05, 0.1) is 12.6 Å². The van der Waals surface area contributed by atoms with E-state index in [0.29, 0.717) is 18.1 Å². The van der Waals surface area contributed by atoms with Gasteiger partial charge in [0.15, 0.2) is 5.96 Å². The van der Waals surface area contributed by atoms with Crippen LogP contribution in [0, 0.1) is 5.82 Å². The topological polar surface area (TPSA) is 59.6 Å². The van der Waals surface area contributed by atoms with Gasteiger partial charge in [0.2, 0.25) is 0 Å². The summed E-state index contributed by atoms with van der Waals surface area (Å²) in [6, 6.07) is 14.3. The molecule has 0 aromatic heterocycles. The number of benzene rings is 2. The fourth-order valence-corrected chi connectivity index (χ4v) is 2.45. The molecule has 0 aliphatic heterocycles. The quantitative estimate of drug-likeness (QED) is 0.607. The number of halogens is 1. The lowest BCUT2D eigenvalue weighted by molar-refractivity contribution is 0.242. The Bertz CT molecular complexity index is 724. The zero-order chi connectivity index (χ0) is 18.4. The first-order chi connectivity index (χ1) is 11.8. The van der Waals surface area contributed by atoms with Crippen LogP contribution in [0.25, 0.3) is 0 Å². The van der Waals surface area contributed by atoms with E-state index >= 15 is 0 Å². The van der Waals surface area contributed by atoms with Crippen LogP contribution in [0.4, 0.5) is 10.1 Å². The molecule has 2 rings (SSSR count). The molecule has 2 aromatic rings. The second-order valence-electron chi connectivity index (χ2n) is 6.88. The predicted octanol–water partition coefficient (Wildman–Crippen LogP) is 4.32. The maximum Gasteiger partial charge on any atom is 0.193 e. The molecule has 0 aliphatic carbocycles. The van der Waals surface area contributed by atoms with E-state index in [1.54, 1.807) is 12.1 Å². The molecule has 5 heteroatoms. The molecule has 4 nitrogen and oxygen atoms in total. The van der Waals surface area contributed by atoms with Crippen molar-refractivity contribution in [2.24, 2.45) is 10.7 Å². The number of aliphatic imine (C=N–C) groups is 1. The molecule has 0 fully saturated rings. The van der Waals surface area contributed by atoms with Crippen LogP contribution in [0.5, 0.6) is 5.75 Å². The minimum Gasteiger partial charge on any atom is -0.491 e. The van der Waals surface area contributed by atoms with Crippen LogP contribution >= 0.6 is 0 Å². The third-order valence-corrected chi connectivity index (χ3v) is 3.75. The van der Waals surface area contributed by atoms with Gasteiger partial charge in [-0.05, 0) is 49.7 Å². The summed E-state index contributed by atoms with van der Waals surface area (Å²) in [5, 5.41) is 3.04. The Hall–Kier alpha value is -2.56.